The molecule has 2 saturated heterocycles. The zero-order chi connectivity index (χ0) is 57.0. The molecular formula is C60H67F3N12O6. The molecule has 3 aliphatic heterocycles. The standard InChI is InChI=1S/C60H67F3N12O6/c1-4-43-31-49(53(79)33-52(43)78)56-68-69-57(58(81)65-37-60(61,62)63)75(56)45-15-13-42(14-16-45)35-70(3)34-41-11-9-39(10-12-41)29-40-18-22-72(23-19-40)54(80)17-21-64-59-66-50-36-74(51-32-46(77)30-44-7-5-6-8-47(44)51)24-20-48(50)55(67-59)73-27-25-71(26-28-73)38(2)76/h5-16,30-33,40,77-79H,4,17-29,34-37H2,1-3H3,(H,65,81)(H,64,66,67). The Bertz CT molecular complexity index is 3410. The number of aromatic nitrogens is 5. The first-order chi connectivity index (χ1) is 39.0. The van der Waals surface area contributed by atoms with Gasteiger partial charge in [-0.1, -0.05) is 67.6 Å². The molecule has 5 aromatic carbocycles. The Balaban J connectivity index is 0.714. The van der Waals surface area contributed by atoms with Gasteiger partial charge < -0.3 is 45.6 Å². The number of fused-ring (bicyclic) bond motifs is 2. The second-order valence-electron chi connectivity index (χ2n) is 21.3. The molecular weight excluding hydrogens is 1040 g/mol. The number of aromatic hydroxyl groups is 3. The van der Waals surface area contributed by atoms with E-state index in [-0.39, 0.29) is 40.5 Å². The third-order valence-electron chi connectivity index (χ3n) is 15.6. The maximum atomic E-state index is 13.6. The van der Waals surface area contributed by atoms with Crippen LogP contribution in [0.3, 0.4) is 0 Å². The van der Waals surface area contributed by atoms with E-state index in [1.165, 1.54) is 16.2 Å². The fraction of sp³-hybridized carbons (Fsp3) is 0.383. The molecule has 0 unspecified atom stereocenters. The van der Waals surface area contributed by atoms with Crippen molar-refractivity contribution in [1.29, 1.82) is 0 Å². The zero-order valence-electron chi connectivity index (χ0n) is 45.7. The first-order valence-electron chi connectivity index (χ1n) is 27.6. The number of nitrogens with one attached hydrogen (secondary N) is 2. The monoisotopic (exact) mass is 1110 g/mol. The van der Waals surface area contributed by atoms with E-state index < -0.39 is 24.5 Å². The molecule has 2 fully saturated rings. The van der Waals surface area contributed by atoms with Gasteiger partial charge in [0.2, 0.25) is 23.6 Å². The van der Waals surface area contributed by atoms with Crippen molar-refractivity contribution in [2.45, 2.75) is 78.2 Å². The van der Waals surface area contributed by atoms with Gasteiger partial charge in [-0.25, -0.2) is 4.98 Å². The average molecular weight is 1110 g/mol. The SMILES string of the molecule is CCc1cc(-c2nnc(C(=O)NCC(F)(F)F)n2-c2ccc(CN(C)Cc3ccc(CC4CCN(C(=O)CCNc5nc6c(c(N7CCN(C(C)=O)CC7)n5)CCN(c5cc(O)cc7ccccc57)C6)CC4)cc3)cc2)c(O)cc1O. The highest BCUT2D eigenvalue weighted by Gasteiger charge is 2.32. The number of likely N-dealkylation sites (tertiary alicyclic amines) is 1. The highest BCUT2D eigenvalue weighted by Crippen LogP contribution is 2.38. The van der Waals surface area contributed by atoms with Gasteiger partial charge in [-0.05, 0) is 97.0 Å². The van der Waals surface area contributed by atoms with Crippen LogP contribution < -0.4 is 20.4 Å². The van der Waals surface area contributed by atoms with E-state index >= 15 is 0 Å². The van der Waals surface area contributed by atoms with Crippen LogP contribution in [0.4, 0.5) is 30.6 Å². The van der Waals surface area contributed by atoms with Crippen molar-refractivity contribution >= 4 is 45.9 Å². The van der Waals surface area contributed by atoms with Crippen LogP contribution >= 0.6 is 0 Å². The molecule has 0 saturated carbocycles. The van der Waals surface area contributed by atoms with Crippen LogP contribution in [-0.2, 0) is 48.5 Å². The van der Waals surface area contributed by atoms with E-state index in [4.69, 9.17) is 9.97 Å². The number of phenolic OH excluding ortho intramolecular Hbond substituents is 3. The number of piperazine rings is 1. The normalized spacial score (nSPS) is 15.1. The Hall–Kier alpha value is -8.46. The number of hydrogen-bond acceptors (Lipinski definition) is 14. The number of aryl methyl sites for hydroxylation is 1. The van der Waals surface area contributed by atoms with Crippen LogP contribution in [0.1, 0.15) is 77.2 Å². The molecule has 0 bridgehead atoms. The summed E-state index contributed by atoms with van der Waals surface area (Å²) in [4.78, 5) is 59.4. The summed E-state index contributed by atoms with van der Waals surface area (Å²) >= 11 is 0. The molecule has 424 valence electrons. The van der Waals surface area contributed by atoms with Crippen LogP contribution in [0.5, 0.6) is 17.2 Å². The molecule has 5 heterocycles. The summed E-state index contributed by atoms with van der Waals surface area (Å²) < 4.78 is 40.5. The van der Waals surface area contributed by atoms with Gasteiger partial charge in [0.15, 0.2) is 5.82 Å². The Morgan fingerprint density at radius 2 is 1.46 bits per heavy atom. The Morgan fingerprint density at radius 3 is 2.15 bits per heavy atom. The second kappa shape index (κ2) is 24.1. The lowest BCUT2D eigenvalue weighted by Crippen LogP contribution is -2.49. The maximum absolute atomic E-state index is 13.6. The van der Waals surface area contributed by atoms with E-state index in [0.29, 0.717) is 108 Å². The number of rotatable bonds is 17. The van der Waals surface area contributed by atoms with Crippen molar-refractivity contribution in [1.82, 2.24) is 44.7 Å². The fourth-order valence-electron chi connectivity index (χ4n) is 11.3. The van der Waals surface area contributed by atoms with Crippen LogP contribution in [0.25, 0.3) is 27.8 Å². The fourth-order valence-corrected chi connectivity index (χ4v) is 11.3. The quantitative estimate of drug-likeness (QED) is 0.0586. The smallest absolute Gasteiger partial charge is 0.405 e. The third-order valence-corrected chi connectivity index (χ3v) is 15.6. The number of benzene rings is 5. The minimum absolute atomic E-state index is 0.00999. The molecule has 5 N–H and O–H groups in total. The maximum Gasteiger partial charge on any atom is 0.405 e. The summed E-state index contributed by atoms with van der Waals surface area (Å²) in [6.45, 7) is 8.64. The van der Waals surface area contributed by atoms with Crippen molar-refractivity contribution < 1.29 is 42.9 Å². The van der Waals surface area contributed by atoms with E-state index in [0.717, 1.165) is 76.5 Å². The van der Waals surface area contributed by atoms with E-state index in [1.54, 1.807) is 25.1 Å². The van der Waals surface area contributed by atoms with Gasteiger partial charge in [0, 0.05) is 113 Å². The van der Waals surface area contributed by atoms with Crippen molar-refractivity contribution in [3.8, 4) is 34.3 Å². The number of anilines is 3. The Morgan fingerprint density at radius 1 is 0.765 bits per heavy atom. The van der Waals surface area contributed by atoms with Gasteiger partial charge in [0.05, 0.1) is 17.8 Å². The molecule has 0 radical (unpaired) electrons. The molecule has 0 aliphatic carbocycles. The van der Waals surface area contributed by atoms with Gasteiger partial charge in [-0.15, -0.1) is 10.2 Å². The molecule has 21 heteroatoms. The lowest BCUT2D eigenvalue weighted by atomic mass is 9.90. The molecule has 81 heavy (non-hydrogen) atoms. The van der Waals surface area contributed by atoms with Gasteiger partial charge in [0.25, 0.3) is 5.91 Å². The molecule has 7 aromatic rings. The predicted molar refractivity (Wildman–Crippen MR) is 302 cm³/mol. The number of hydrogen-bond donors (Lipinski definition) is 5. The predicted octanol–water partition coefficient (Wildman–Crippen LogP) is 8.00. The molecule has 10 rings (SSSR count). The Labute approximate surface area is 467 Å². The van der Waals surface area contributed by atoms with Gasteiger partial charge in [-0.2, -0.15) is 18.2 Å². The summed E-state index contributed by atoms with van der Waals surface area (Å²) in [5.74, 6) is 0.174. The van der Waals surface area contributed by atoms with Crippen LogP contribution in [0.2, 0.25) is 0 Å². The van der Waals surface area contributed by atoms with Crippen molar-refractivity contribution in [2.75, 3.05) is 81.1 Å². The van der Waals surface area contributed by atoms with Crippen molar-refractivity contribution in [3.05, 3.63) is 136 Å². The number of alkyl halides is 3. The van der Waals surface area contributed by atoms with Crippen LogP contribution in [0.15, 0.2) is 97.1 Å². The van der Waals surface area contributed by atoms with E-state index in [2.05, 4.69) is 60.5 Å². The summed E-state index contributed by atoms with van der Waals surface area (Å²) in [6.07, 6.45) is -0.489. The summed E-state index contributed by atoms with van der Waals surface area (Å²) in [5.41, 5.74) is 7.24. The summed E-state index contributed by atoms with van der Waals surface area (Å²) in [7, 11) is 2.00. The number of carbonyl (C=O) groups excluding carboxylic acids is 3. The number of carbonyl (C=O) groups is 3. The van der Waals surface area contributed by atoms with Crippen molar-refractivity contribution in [3.63, 3.8) is 0 Å². The van der Waals surface area contributed by atoms with E-state index in [9.17, 15) is 42.9 Å². The van der Waals surface area contributed by atoms with Crippen molar-refractivity contribution in [2.24, 2.45) is 5.92 Å². The first kappa shape index (κ1) is 55.8. The first-order valence-corrected chi connectivity index (χ1v) is 27.6. The topological polar surface area (TPSA) is 209 Å². The number of piperidine rings is 1. The zero-order valence-corrected chi connectivity index (χ0v) is 45.7. The van der Waals surface area contributed by atoms with Gasteiger partial charge in [-0.3, -0.25) is 23.9 Å². The lowest BCUT2D eigenvalue weighted by Gasteiger charge is -2.38. The highest BCUT2D eigenvalue weighted by molar-refractivity contribution is 5.96. The van der Waals surface area contributed by atoms with Crippen LogP contribution in [0, 0.1) is 5.92 Å². The van der Waals surface area contributed by atoms with Gasteiger partial charge >= 0.3 is 6.18 Å². The number of amides is 3. The Kier molecular flexibility index (Phi) is 16.6. The molecule has 2 aromatic heterocycles. The number of nitrogens with zero attached hydrogens (tertiary/aromatic N) is 10. The van der Waals surface area contributed by atoms with E-state index in [1.807, 2.05) is 65.5 Å². The summed E-state index contributed by atoms with van der Waals surface area (Å²) in [5, 5.41) is 47.1. The largest absolute Gasteiger partial charge is 0.508 e. The van der Waals surface area contributed by atoms with Gasteiger partial charge in [0.1, 0.15) is 29.6 Å². The molecule has 3 aliphatic rings. The molecule has 3 amide bonds. The highest BCUT2D eigenvalue weighted by atomic mass is 19.4. The van der Waals surface area contributed by atoms with Crippen LogP contribution in [-0.4, -0.2) is 145 Å². The minimum atomic E-state index is -4.65. The molecule has 0 atom stereocenters. The second-order valence-corrected chi connectivity index (χ2v) is 21.3. The minimum Gasteiger partial charge on any atom is -0.508 e. The number of phenols is 3. The third kappa shape index (κ3) is 13.1. The molecule has 0 spiro atoms. The average Bonchev–Trinajstić information content (AvgIpc) is 4.15. The summed E-state index contributed by atoms with van der Waals surface area (Å²) in [6, 6.07) is 30.0. The lowest BCUT2D eigenvalue weighted by molar-refractivity contribution is -0.132. The molecule has 18 nitrogen and oxygen atoms in total. The number of halogens is 3.